The zero-order chi connectivity index (χ0) is 21.0. The average Bonchev–Trinajstić information content (AvgIpc) is 3.03. The first-order valence-corrected chi connectivity index (χ1v) is 10.8. The number of nitrogens with one attached hydrogen (secondary N) is 1. The SMILES string of the molecule is CCCc1[nH]n(-c2cccc(S(=O)(=O)O)c2)c(=O)c1C(CC)=Nc1ccccc1. The van der Waals surface area contributed by atoms with Crippen LogP contribution in [-0.4, -0.2) is 28.5 Å². The summed E-state index contributed by atoms with van der Waals surface area (Å²) in [5.41, 5.74) is 2.67. The highest BCUT2D eigenvalue weighted by Gasteiger charge is 2.20. The molecule has 0 spiro atoms. The summed E-state index contributed by atoms with van der Waals surface area (Å²) in [7, 11) is -4.37. The van der Waals surface area contributed by atoms with Crippen LogP contribution in [0.25, 0.3) is 5.69 Å². The molecule has 0 radical (unpaired) electrons. The minimum absolute atomic E-state index is 0.274. The number of hydrogen-bond donors (Lipinski definition) is 2. The molecule has 0 unspecified atom stereocenters. The van der Waals surface area contributed by atoms with Gasteiger partial charge in [-0.25, -0.2) is 4.68 Å². The van der Waals surface area contributed by atoms with Gasteiger partial charge < -0.3 is 0 Å². The second kappa shape index (κ2) is 8.59. The summed E-state index contributed by atoms with van der Waals surface area (Å²) in [6.45, 7) is 3.95. The van der Waals surface area contributed by atoms with E-state index in [4.69, 9.17) is 0 Å². The summed E-state index contributed by atoms with van der Waals surface area (Å²) in [6.07, 6.45) is 2.02. The number of nitrogens with zero attached hydrogens (tertiary/aromatic N) is 2. The zero-order valence-electron chi connectivity index (χ0n) is 16.3. The number of hydrogen-bond acceptors (Lipinski definition) is 4. The van der Waals surface area contributed by atoms with Crippen molar-refractivity contribution < 1.29 is 13.0 Å². The minimum atomic E-state index is -4.37. The van der Waals surface area contributed by atoms with Gasteiger partial charge >= 0.3 is 0 Å². The third kappa shape index (κ3) is 4.55. The number of benzene rings is 2. The highest BCUT2D eigenvalue weighted by Crippen LogP contribution is 2.18. The van der Waals surface area contributed by atoms with E-state index in [1.165, 1.54) is 22.9 Å². The Balaban J connectivity index is 2.19. The second-order valence-electron chi connectivity index (χ2n) is 6.58. The first-order valence-electron chi connectivity index (χ1n) is 9.40. The molecular weight excluding hydrogens is 390 g/mol. The largest absolute Gasteiger partial charge is 0.294 e. The molecule has 3 rings (SSSR count). The molecule has 0 aliphatic rings. The molecular formula is C21H23N3O4S. The molecule has 0 saturated heterocycles. The van der Waals surface area contributed by atoms with Gasteiger partial charge in [0.25, 0.3) is 15.7 Å². The molecule has 0 aliphatic carbocycles. The third-order valence-electron chi connectivity index (χ3n) is 4.48. The molecule has 0 aliphatic heterocycles. The molecule has 0 fully saturated rings. The summed E-state index contributed by atoms with van der Waals surface area (Å²) in [4.78, 5) is 17.6. The molecule has 3 aromatic rings. The van der Waals surface area contributed by atoms with Crippen LogP contribution >= 0.6 is 0 Å². The lowest BCUT2D eigenvalue weighted by Gasteiger charge is -2.04. The maximum absolute atomic E-state index is 13.3. The van der Waals surface area contributed by atoms with Gasteiger partial charge in [-0.15, -0.1) is 0 Å². The molecule has 7 nitrogen and oxygen atoms in total. The molecule has 152 valence electrons. The number of aliphatic imine (C=N–C) groups is 1. The zero-order valence-corrected chi connectivity index (χ0v) is 17.1. The van der Waals surface area contributed by atoms with Gasteiger partial charge in [-0.05, 0) is 43.2 Å². The Morgan fingerprint density at radius 1 is 1.10 bits per heavy atom. The van der Waals surface area contributed by atoms with Crippen LogP contribution in [0.5, 0.6) is 0 Å². The average molecular weight is 413 g/mol. The summed E-state index contributed by atoms with van der Waals surface area (Å²) >= 11 is 0. The number of para-hydroxylation sites is 1. The van der Waals surface area contributed by atoms with Crippen molar-refractivity contribution in [3.63, 3.8) is 0 Å². The van der Waals surface area contributed by atoms with Crippen LogP contribution in [0.4, 0.5) is 5.69 Å². The van der Waals surface area contributed by atoms with E-state index in [2.05, 4.69) is 10.1 Å². The number of rotatable bonds is 7. The van der Waals surface area contributed by atoms with Crippen molar-refractivity contribution in [2.24, 2.45) is 4.99 Å². The fourth-order valence-corrected chi connectivity index (χ4v) is 3.67. The normalized spacial score (nSPS) is 12.3. The van der Waals surface area contributed by atoms with Crippen LogP contribution in [0.1, 0.15) is 37.9 Å². The lowest BCUT2D eigenvalue weighted by atomic mass is 10.1. The molecule has 0 atom stereocenters. The number of aromatic amines is 1. The summed E-state index contributed by atoms with van der Waals surface area (Å²) in [6, 6.07) is 15.0. The van der Waals surface area contributed by atoms with Crippen molar-refractivity contribution in [3.05, 3.63) is 76.2 Å². The number of aromatic nitrogens is 2. The van der Waals surface area contributed by atoms with Crippen molar-refractivity contribution >= 4 is 21.5 Å². The summed E-state index contributed by atoms with van der Waals surface area (Å²) in [5.74, 6) is 0. The standard InChI is InChI=1S/C21H23N3O4S/c1-3-9-19-20(18(4-2)22-15-10-6-5-7-11-15)21(25)24(23-19)16-12-8-13-17(14-16)29(26,27)28/h5-8,10-14,23H,3-4,9H2,1-2H3,(H,26,27,28). The predicted molar refractivity (Wildman–Crippen MR) is 113 cm³/mol. The van der Waals surface area contributed by atoms with Crippen LogP contribution in [0.2, 0.25) is 0 Å². The van der Waals surface area contributed by atoms with E-state index in [9.17, 15) is 17.8 Å². The van der Waals surface area contributed by atoms with Gasteiger partial charge in [0.2, 0.25) is 0 Å². The van der Waals surface area contributed by atoms with Gasteiger partial charge in [0.15, 0.2) is 0 Å². The van der Waals surface area contributed by atoms with Crippen LogP contribution in [0.15, 0.2) is 69.3 Å². The highest BCUT2D eigenvalue weighted by molar-refractivity contribution is 7.85. The Labute approximate surface area is 169 Å². The quantitative estimate of drug-likeness (QED) is 0.453. The summed E-state index contributed by atoms with van der Waals surface area (Å²) < 4.78 is 33.6. The molecule has 2 aromatic carbocycles. The topological polar surface area (TPSA) is 105 Å². The van der Waals surface area contributed by atoms with E-state index in [0.717, 1.165) is 17.8 Å². The lowest BCUT2D eigenvalue weighted by Crippen LogP contribution is -2.21. The van der Waals surface area contributed by atoms with Crippen molar-refractivity contribution in [2.45, 2.75) is 38.0 Å². The Morgan fingerprint density at radius 3 is 2.45 bits per heavy atom. The van der Waals surface area contributed by atoms with E-state index in [0.29, 0.717) is 29.8 Å². The monoisotopic (exact) mass is 413 g/mol. The molecule has 0 saturated carbocycles. The molecule has 1 heterocycles. The first-order chi connectivity index (χ1) is 13.8. The van der Waals surface area contributed by atoms with Gasteiger partial charge in [-0.1, -0.05) is 44.5 Å². The van der Waals surface area contributed by atoms with Crippen LogP contribution in [0, 0.1) is 0 Å². The Bertz CT molecular complexity index is 1190. The van der Waals surface area contributed by atoms with Crippen LogP contribution in [-0.2, 0) is 16.5 Å². The van der Waals surface area contributed by atoms with Gasteiger partial charge in [-0.2, -0.15) is 8.42 Å². The second-order valence-corrected chi connectivity index (χ2v) is 8.00. The molecule has 2 N–H and O–H groups in total. The fourth-order valence-electron chi connectivity index (χ4n) is 3.15. The van der Waals surface area contributed by atoms with E-state index < -0.39 is 10.1 Å². The predicted octanol–water partition coefficient (Wildman–Crippen LogP) is 3.90. The van der Waals surface area contributed by atoms with Gasteiger partial charge in [0.1, 0.15) is 0 Å². The van der Waals surface area contributed by atoms with E-state index >= 15 is 0 Å². The van der Waals surface area contributed by atoms with E-state index in [1.54, 1.807) is 6.07 Å². The van der Waals surface area contributed by atoms with Gasteiger partial charge in [-0.3, -0.25) is 19.4 Å². The van der Waals surface area contributed by atoms with E-state index in [1.807, 2.05) is 44.2 Å². The summed E-state index contributed by atoms with van der Waals surface area (Å²) in [5, 5.41) is 3.09. The molecule has 1 aromatic heterocycles. The smallest absolute Gasteiger partial charge is 0.294 e. The Hall–Kier alpha value is -2.97. The van der Waals surface area contributed by atoms with Gasteiger partial charge in [0.05, 0.1) is 27.5 Å². The van der Waals surface area contributed by atoms with Gasteiger partial charge in [0, 0.05) is 5.69 Å². The van der Waals surface area contributed by atoms with Crippen molar-refractivity contribution in [1.29, 1.82) is 0 Å². The van der Waals surface area contributed by atoms with Crippen LogP contribution < -0.4 is 5.56 Å². The number of aryl methyl sites for hydroxylation is 1. The molecule has 8 heteroatoms. The maximum atomic E-state index is 13.3. The maximum Gasteiger partial charge on any atom is 0.294 e. The minimum Gasteiger partial charge on any atom is -0.294 e. The molecule has 29 heavy (non-hydrogen) atoms. The van der Waals surface area contributed by atoms with Crippen molar-refractivity contribution in [3.8, 4) is 5.69 Å². The molecule has 0 amide bonds. The first kappa shape index (κ1) is 20.8. The number of H-pyrrole nitrogens is 1. The third-order valence-corrected chi connectivity index (χ3v) is 5.33. The van der Waals surface area contributed by atoms with Crippen molar-refractivity contribution in [1.82, 2.24) is 9.78 Å². The fraction of sp³-hybridized carbons (Fsp3) is 0.238. The van der Waals surface area contributed by atoms with Crippen LogP contribution in [0.3, 0.4) is 0 Å². The molecule has 0 bridgehead atoms. The van der Waals surface area contributed by atoms with Crippen molar-refractivity contribution in [2.75, 3.05) is 0 Å². The Morgan fingerprint density at radius 2 is 1.83 bits per heavy atom. The highest BCUT2D eigenvalue weighted by atomic mass is 32.2. The Kier molecular flexibility index (Phi) is 6.14. The lowest BCUT2D eigenvalue weighted by molar-refractivity contribution is 0.483. The van der Waals surface area contributed by atoms with E-state index in [-0.39, 0.29) is 10.5 Å².